The van der Waals surface area contributed by atoms with E-state index >= 15 is 0 Å². The third kappa shape index (κ3) is 5.30. The number of para-hydroxylation sites is 1. The summed E-state index contributed by atoms with van der Waals surface area (Å²) in [5, 5.41) is 2.93. The first-order chi connectivity index (χ1) is 14.7. The number of nitrogens with zero attached hydrogens (tertiary/aromatic N) is 1. The van der Waals surface area contributed by atoms with Gasteiger partial charge in [0.15, 0.2) is 12.4 Å². The Hall–Kier alpha value is -2.75. The highest BCUT2D eigenvalue weighted by Gasteiger charge is 2.40. The maximum atomic E-state index is 12.9. The number of benzene rings is 2. The molecule has 0 bridgehead atoms. The molecule has 1 amide bonds. The van der Waals surface area contributed by atoms with E-state index < -0.39 is 34.5 Å². The summed E-state index contributed by atoms with van der Waals surface area (Å²) < 4.78 is 32.0. The third-order valence-corrected chi connectivity index (χ3v) is 7.00. The zero-order valence-corrected chi connectivity index (χ0v) is 18.3. The topological polar surface area (TPSA) is 110 Å². The highest BCUT2D eigenvalue weighted by atomic mass is 35.5. The zero-order chi connectivity index (χ0) is 22.6. The number of rotatable bonds is 7. The number of ketones is 1. The number of nitrogens with one attached hydrogen (secondary N) is 1. The molecular formula is C21H21ClN2O6S. The van der Waals surface area contributed by atoms with Gasteiger partial charge in [-0.25, -0.2) is 8.42 Å². The van der Waals surface area contributed by atoms with Gasteiger partial charge in [0.05, 0.1) is 10.6 Å². The van der Waals surface area contributed by atoms with Crippen LogP contribution >= 0.6 is 11.6 Å². The fraction of sp³-hybridized carbons (Fsp3) is 0.286. The summed E-state index contributed by atoms with van der Waals surface area (Å²) in [4.78, 5) is 36.4. The second-order valence-corrected chi connectivity index (χ2v) is 9.31. The largest absolute Gasteiger partial charge is 0.454 e. The van der Waals surface area contributed by atoms with Gasteiger partial charge in [-0.1, -0.05) is 23.7 Å². The molecule has 1 aliphatic rings. The Bertz CT molecular complexity index is 1100. The molecule has 0 unspecified atom stereocenters. The van der Waals surface area contributed by atoms with Gasteiger partial charge in [0.25, 0.3) is 5.91 Å². The van der Waals surface area contributed by atoms with E-state index in [-0.39, 0.29) is 17.2 Å². The monoisotopic (exact) mass is 464 g/mol. The van der Waals surface area contributed by atoms with E-state index in [9.17, 15) is 22.8 Å². The summed E-state index contributed by atoms with van der Waals surface area (Å²) in [6, 6.07) is 11.1. The van der Waals surface area contributed by atoms with Crippen LogP contribution in [0.25, 0.3) is 0 Å². The summed E-state index contributed by atoms with van der Waals surface area (Å²) in [6.07, 6.45) is 0.783. The third-order valence-electron chi connectivity index (χ3n) is 4.82. The van der Waals surface area contributed by atoms with E-state index in [1.807, 2.05) is 0 Å². The van der Waals surface area contributed by atoms with Crippen molar-refractivity contribution >= 4 is 45.0 Å². The van der Waals surface area contributed by atoms with Crippen LogP contribution in [0.3, 0.4) is 0 Å². The Balaban J connectivity index is 1.64. The van der Waals surface area contributed by atoms with Crippen LogP contribution in [-0.4, -0.2) is 49.6 Å². The maximum absolute atomic E-state index is 12.9. The lowest BCUT2D eigenvalue weighted by Crippen LogP contribution is -2.42. The van der Waals surface area contributed by atoms with E-state index in [0.29, 0.717) is 29.1 Å². The van der Waals surface area contributed by atoms with Crippen molar-refractivity contribution < 1.29 is 27.5 Å². The molecule has 8 nitrogen and oxygen atoms in total. The average Bonchev–Trinajstić information content (AvgIpc) is 3.23. The number of sulfonamides is 1. The van der Waals surface area contributed by atoms with Crippen molar-refractivity contribution in [1.29, 1.82) is 0 Å². The van der Waals surface area contributed by atoms with Crippen molar-refractivity contribution in [3.8, 4) is 0 Å². The van der Waals surface area contributed by atoms with Crippen LogP contribution in [0, 0.1) is 0 Å². The van der Waals surface area contributed by atoms with Crippen LogP contribution in [0.5, 0.6) is 0 Å². The molecule has 31 heavy (non-hydrogen) atoms. The van der Waals surface area contributed by atoms with Crippen LogP contribution in [-0.2, 0) is 24.3 Å². The van der Waals surface area contributed by atoms with Gasteiger partial charge in [-0.3, -0.25) is 14.4 Å². The maximum Gasteiger partial charge on any atom is 0.324 e. The number of amides is 1. The Labute approximate surface area is 185 Å². The SMILES string of the molecule is CC(=O)c1ccccc1NC(=O)COC(=O)[C@@H]1CCCN1S(=O)(=O)c1ccc(Cl)cc1. The fourth-order valence-electron chi connectivity index (χ4n) is 3.32. The average molecular weight is 465 g/mol. The van der Waals surface area contributed by atoms with Crippen molar-refractivity contribution in [2.75, 3.05) is 18.5 Å². The number of halogens is 1. The van der Waals surface area contributed by atoms with E-state index in [0.717, 1.165) is 4.31 Å². The lowest BCUT2D eigenvalue weighted by molar-refractivity contribution is -0.150. The van der Waals surface area contributed by atoms with E-state index in [1.165, 1.54) is 31.2 Å². The standard InChI is InChI=1S/C21H21ClN2O6S/c1-14(25)17-5-2-3-6-18(17)23-20(26)13-30-21(27)19-7-4-12-24(19)31(28,29)16-10-8-15(22)9-11-16/h2-3,5-6,8-11,19H,4,7,12-13H2,1H3,(H,23,26)/t19-/m0/s1. The van der Waals surface area contributed by atoms with Crippen LogP contribution in [0.4, 0.5) is 5.69 Å². The van der Waals surface area contributed by atoms with Crippen molar-refractivity contribution in [1.82, 2.24) is 4.31 Å². The highest BCUT2D eigenvalue weighted by molar-refractivity contribution is 7.89. The molecule has 164 valence electrons. The number of carbonyl (C=O) groups excluding carboxylic acids is 3. The molecule has 3 rings (SSSR count). The molecule has 0 aliphatic carbocycles. The molecular weight excluding hydrogens is 444 g/mol. The molecule has 10 heteroatoms. The minimum Gasteiger partial charge on any atom is -0.454 e. The van der Waals surface area contributed by atoms with Crippen molar-refractivity contribution in [3.63, 3.8) is 0 Å². The minimum atomic E-state index is -3.92. The number of Topliss-reactive ketones (excluding diaryl/α,β-unsaturated/α-hetero) is 1. The molecule has 2 aromatic carbocycles. The predicted octanol–water partition coefficient (Wildman–Crippen LogP) is 2.88. The van der Waals surface area contributed by atoms with Crippen LogP contribution in [0.1, 0.15) is 30.1 Å². The normalized spacial score (nSPS) is 16.6. The summed E-state index contributed by atoms with van der Waals surface area (Å²) in [5.41, 5.74) is 0.641. The number of ether oxygens (including phenoxy) is 1. The number of anilines is 1. The van der Waals surface area contributed by atoms with Gasteiger partial charge in [-0.2, -0.15) is 4.31 Å². The van der Waals surface area contributed by atoms with Gasteiger partial charge >= 0.3 is 5.97 Å². The lowest BCUT2D eigenvalue weighted by Gasteiger charge is -2.22. The van der Waals surface area contributed by atoms with Gasteiger partial charge < -0.3 is 10.1 Å². The number of hydrogen-bond donors (Lipinski definition) is 1. The highest BCUT2D eigenvalue weighted by Crippen LogP contribution is 2.27. The van der Waals surface area contributed by atoms with Crippen molar-refractivity contribution in [2.45, 2.75) is 30.7 Å². The lowest BCUT2D eigenvalue weighted by atomic mass is 10.1. The second-order valence-electron chi connectivity index (χ2n) is 6.99. The molecule has 0 radical (unpaired) electrons. The number of esters is 1. The summed E-state index contributed by atoms with van der Waals surface area (Å²) in [6.45, 7) is 0.945. The first-order valence-corrected chi connectivity index (χ1v) is 11.4. The fourth-order valence-corrected chi connectivity index (χ4v) is 5.10. The van der Waals surface area contributed by atoms with Gasteiger partial charge in [0.1, 0.15) is 6.04 Å². The van der Waals surface area contributed by atoms with Gasteiger partial charge in [-0.05, 0) is 56.2 Å². The van der Waals surface area contributed by atoms with Gasteiger partial charge in [-0.15, -0.1) is 0 Å². The molecule has 0 saturated carbocycles. The van der Waals surface area contributed by atoms with Gasteiger partial charge in [0, 0.05) is 17.1 Å². The molecule has 0 spiro atoms. The Morgan fingerprint density at radius 3 is 2.48 bits per heavy atom. The Morgan fingerprint density at radius 2 is 1.81 bits per heavy atom. The molecule has 1 atom stereocenters. The number of hydrogen-bond acceptors (Lipinski definition) is 6. The molecule has 1 heterocycles. The second kappa shape index (κ2) is 9.59. The zero-order valence-electron chi connectivity index (χ0n) is 16.7. The first-order valence-electron chi connectivity index (χ1n) is 9.54. The predicted molar refractivity (Wildman–Crippen MR) is 114 cm³/mol. The van der Waals surface area contributed by atoms with Crippen LogP contribution in [0.2, 0.25) is 5.02 Å². The van der Waals surface area contributed by atoms with Crippen LogP contribution in [0.15, 0.2) is 53.4 Å². The molecule has 0 aromatic heterocycles. The van der Waals surface area contributed by atoms with E-state index in [2.05, 4.69) is 5.32 Å². The quantitative estimate of drug-likeness (QED) is 0.498. The Kier molecular flexibility index (Phi) is 7.09. The molecule has 1 aliphatic heterocycles. The summed E-state index contributed by atoms with van der Waals surface area (Å²) in [5.74, 6) is -1.65. The van der Waals surface area contributed by atoms with Crippen LogP contribution < -0.4 is 5.32 Å². The van der Waals surface area contributed by atoms with E-state index in [4.69, 9.17) is 16.3 Å². The molecule has 1 N–H and O–H groups in total. The van der Waals surface area contributed by atoms with Crippen molar-refractivity contribution in [3.05, 3.63) is 59.1 Å². The van der Waals surface area contributed by atoms with Crippen molar-refractivity contribution in [2.24, 2.45) is 0 Å². The van der Waals surface area contributed by atoms with Gasteiger partial charge in [0.2, 0.25) is 10.0 Å². The first kappa shape index (κ1) is 22.9. The summed E-state index contributed by atoms with van der Waals surface area (Å²) in [7, 11) is -3.92. The smallest absolute Gasteiger partial charge is 0.324 e. The molecule has 1 saturated heterocycles. The minimum absolute atomic E-state index is 0.0233. The number of carbonyl (C=O) groups is 3. The van der Waals surface area contributed by atoms with E-state index in [1.54, 1.807) is 24.3 Å². The molecule has 2 aromatic rings. The molecule has 1 fully saturated rings. The Morgan fingerprint density at radius 1 is 1.13 bits per heavy atom. The summed E-state index contributed by atoms with van der Waals surface area (Å²) >= 11 is 5.82.